The van der Waals surface area contributed by atoms with Crippen LogP contribution in [0.15, 0.2) is 61.1 Å². The Morgan fingerprint density at radius 2 is 1.69 bits per heavy atom. The molecule has 0 aliphatic carbocycles. The highest BCUT2D eigenvalue weighted by Gasteiger charge is 2.30. The van der Waals surface area contributed by atoms with Gasteiger partial charge in [0.2, 0.25) is 11.8 Å². The van der Waals surface area contributed by atoms with Gasteiger partial charge in [-0.05, 0) is 37.1 Å². The Kier molecular flexibility index (Phi) is 11.2. The van der Waals surface area contributed by atoms with Gasteiger partial charge in [-0.1, -0.05) is 41.4 Å². The van der Waals surface area contributed by atoms with E-state index in [-0.39, 0.29) is 18.5 Å². The number of imidazole rings is 1. The Morgan fingerprint density at radius 1 is 0.944 bits per heavy atom. The highest BCUT2D eigenvalue weighted by atomic mass is 35.5. The van der Waals surface area contributed by atoms with Crippen LogP contribution < -0.4 is 9.47 Å². The quantitative estimate of drug-likeness (QED) is 0.162. The number of amides is 2. The van der Waals surface area contributed by atoms with Gasteiger partial charge in [-0.3, -0.25) is 14.7 Å². The smallest absolute Gasteiger partial charge is 0.407 e. The number of morpholine rings is 1. The van der Waals surface area contributed by atoms with Crippen molar-refractivity contribution in [1.29, 1.82) is 0 Å². The van der Waals surface area contributed by atoms with Gasteiger partial charge >= 0.3 is 6.09 Å². The van der Waals surface area contributed by atoms with E-state index in [0.717, 1.165) is 24.3 Å². The number of methoxy groups -OCH3 is 2. The molecule has 0 radical (unpaired) electrons. The lowest BCUT2D eigenvalue weighted by molar-refractivity contribution is -0.130. The molecule has 1 N–H and O–H groups in total. The first-order valence-electron chi connectivity index (χ1n) is 17.7. The van der Waals surface area contributed by atoms with E-state index in [9.17, 15) is 14.7 Å². The predicted molar refractivity (Wildman–Crippen MR) is 205 cm³/mol. The zero-order valence-corrected chi connectivity index (χ0v) is 31.8. The molecule has 54 heavy (non-hydrogen) atoms. The molecule has 7 rings (SSSR count). The summed E-state index contributed by atoms with van der Waals surface area (Å²) < 4.78 is 18.9. The number of nitrogens with zero attached hydrogens (tertiary/aromatic N) is 7. The molecule has 0 saturated carbocycles. The number of halogens is 2. The Hall–Kier alpha value is -4.95. The fourth-order valence-corrected chi connectivity index (χ4v) is 7.85. The summed E-state index contributed by atoms with van der Waals surface area (Å²) in [5, 5.41) is 11.0. The average molecular weight is 775 g/mol. The maximum Gasteiger partial charge on any atom is 0.407 e. The van der Waals surface area contributed by atoms with Crippen molar-refractivity contribution in [3.05, 3.63) is 82.4 Å². The molecule has 13 nitrogen and oxygen atoms in total. The molecule has 2 saturated heterocycles. The minimum Gasteiger partial charge on any atom is -0.493 e. The molecule has 1 aromatic carbocycles. The molecular weight excluding hydrogens is 733 g/mol. The first-order valence-corrected chi connectivity index (χ1v) is 18.5. The van der Waals surface area contributed by atoms with Crippen LogP contribution >= 0.6 is 23.2 Å². The van der Waals surface area contributed by atoms with Crippen molar-refractivity contribution >= 4 is 40.8 Å². The Labute approximate surface area is 323 Å². The van der Waals surface area contributed by atoms with Crippen LogP contribution in [-0.2, 0) is 22.6 Å². The number of aromatic nitrogens is 4. The SMILES string of the molecule is COc1nc(-c2cccc(-c3ccnc(-c4cc(OC)c5nc(CN6CCOCC6)cn5c4)c3Cl)c2Cl)ccc1CN(C(=O)O)C1CCN(C(C)=O)CC1. The zero-order chi connectivity index (χ0) is 37.9. The van der Waals surface area contributed by atoms with Crippen molar-refractivity contribution in [2.24, 2.45) is 0 Å². The van der Waals surface area contributed by atoms with Gasteiger partial charge in [0.25, 0.3) is 0 Å². The average Bonchev–Trinajstić information content (AvgIpc) is 3.59. The fraction of sp³-hybridized carbons (Fsp3) is 0.359. The molecule has 6 heterocycles. The van der Waals surface area contributed by atoms with Gasteiger partial charge in [0.15, 0.2) is 11.4 Å². The van der Waals surface area contributed by atoms with Crippen LogP contribution in [0.3, 0.4) is 0 Å². The Morgan fingerprint density at radius 3 is 2.39 bits per heavy atom. The van der Waals surface area contributed by atoms with Crippen LogP contribution in [-0.4, -0.2) is 111 Å². The second-order valence-electron chi connectivity index (χ2n) is 13.3. The van der Waals surface area contributed by atoms with Gasteiger partial charge in [-0.15, -0.1) is 0 Å². The molecule has 2 amide bonds. The van der Waals surface area contributed by atoms with Crippen LogP contribution in [0.2, 0.25) is 10.0 Å². The zero-order valence-electron chi connectivity index (χ0n) is 30.3. The minimum atomic E-state index is -1.04. The third-order valence-electron chi connectivity index (χ3n) is 10.1. The molecule has 282 valence electrons. The number of rotatable bonds is 10. The number of ether oxygens (including phenoxy) is 3. The van der Waals surface area contributed by atoms with Gasteiger partial charge < -0.3 is 33.5 Å². The summed E-state index contributed by atoms with van der Waals surface area (Å²) in [5.74, 6) is 0.882. The van der Waals surface area contributed by atoms with Crippen molar-refractivity contribution in [2.75, 3.05) is 53.6 Å². The van der Waals surface area contributed by atoms with Gasteiger partial charge in [0.1, 0.15) is 0 Å². The van der Waals surface area contributed by atoms with E-state index in [4.69, 9.17) is 47.4 Å². The number of carboxylic acid groups (broad SMARTS) is 1. The normalized spacial score (nSPS) is 15.4. The van der Waals surface area contributed by atoms with E-state index in [1.807, 2.05) is 53.2 Å². The number of benzene rings is 1. The van der Waals surface area contributed by atoms with Crippen LogP contribution in [0.5, 0.6) is 11.6 Å². The number of hydrogen-bond donors (Lipinski definition) is 1. The molecular formula is C39H41Cl2N7O6. The molecule has 4 aromatic heterocycles. The van der Waals surface area contributed by atoms with Crippen LogP contribution in [0.25, 0.3) is 39.3 Å². The molecule has 0 unspecified atom stereocenters. The lowest BCUT2D eigenvalue weighted by Crippen LogP contribution is -2.47. The van der Waals surface area contributed by atoms with Crippen molar-refractivity contribution in [1.82, 2.24) is 34.1 Å². The van der Waals surface area contributed by atoms with Crippen LogP contribution in [0, 0.1) is 0 Å². The highest BCUT2D eigenvalue weighted by molar-refractivity contribution is 6.39. The van der Waals surface area contributed by atoms with E-state index in [2.05, 4.69) is 9.88 Å². The molecule has 15 heteroatoms. The number of carbonyl (C=O) groups excluding carboxylic acids is 1. The second-order valence-corrected chi connectivity index (χ2v) is 14.1. The van der Waals surface area contributed by atoms with E-state index >= 15 is 0 Å². The maximum absolute atomic E-state index is 12.4. The highest BCUT2D eigenvalue weighted by Crippen LogP contribution is 2.42. The number of pyridine rings is 3. The van der Waals surface area contributed by atoms with E-state index < -0.39 is 6.09 Å². The summed E-state index contributed by atoms with van der Waals surface area (Å²) in [7, 11) is 3.12. The number of fused-ring (bicyclic) bond motifs is 1. The summed E-state index contributed by atoms with van der Waals surface area (Å²) in [6.45, 7) is 6.49. The Balaban J connectivity index is 1.16. The predicted octanol–water partition coefficient (Wildman–Crippen LogP) is 6.77. The first-order chi connectivity index (χ1) is 26.1. The first kappa shape index (κ1) is 37.4. The number of hydrogen-bond acceptors (Lipinski definition) is 9. The van der Waals surface area contributed by atoms with Crippen LogP contribution in [0.4, 0.5) is 4.79 Å². The summed E-state index contributed by atoms with van der Waals surface area (Å²) >= 11 is 14.3. The van der Waals surface area contributed by atoms with Crippen molar-refractivity contribution < 1.29 is 28.9 Å². The molecule has 0 bridgehead atoms. The third kappa shape index (κ3) is 7.67. The molecule has 5 aromatic rings. The minimum absolute atomic E-state index is 0.00634. The molecule has 2 aliphatic rings. The molecule has 0 atom stereocenters. The largest absolute Gasteiger partial charge is 0.493 e. The standard InChI is InChI=1S/C39H41Cl2N7O6/c1-24(49)46-13-10-28(11-14-46)48(39(50)51)21-25-7-8-32(44-38(25)53-3)31-6-4-5-29(34(31)40)30-9-12-42-36(35(30)41)26-19-33(52-2)37-43-27(23-47(37)20-26)22-45-15-17-54-18-16-45/h4-9,12,19-20,23,28H,10-11,13-18,21-22H2,1-3H3,(H,50,51). The van der Waals surface area contributed by atoms with Crippen molar-refractivity contribution in [2.45, 2.75) is 38.9 Å². The second kappa shape index (κ2) is 16.2. The van der Waals surface area contributed by atoms with E-state index in [1.54, 1.807) is 24.3 Å². The fourth-order valence-electron chi connectivity index (χ4n) is 7.20. The van der Waals surface area contributed by atoms with Crippen LogP contribution in [0.1, 0.15) is 31.0 Å². The van der Waals surface area contributed by atoms with Gasteiger partial charge in [0.05, 0.1) is 61.1 Å². The molecule has 0 spiro atoms. The van der Waals surface area contributed by atoms with Crippen molar-refractivity contribution in [3.8, 4) is 45.3 Å². The van der Waals surface area contributed by atoms with E-state index in [0.29, 0.717) is 107 Å². The van der Waals surface area contributed by atoms with Gasteiger partial charge in [-0.2, -0.15) is 0 Å². The van der Waals surface area contributed by atoms with Crippen molar-refractivity contribution in [3.63, 3.8) is 0 Å². The Bertz CT molecular complexity index is 2180. The summed E-state index contributed by atoms with van der Waals surface area (Å²) in [6, 6.07) is 12.7. The summed E-state index contributed by atoms with van der Waals surface area (Å²) in [6.07, 6.45) is 5.72. The maximum atomic E-state index is 12.4. The lowest BCUT2D eigenvalue weighted by Gasteiger charge is -2.37. The van der Waals surface area contributed by atoms with Gasteiger partial charge in [-0.25, -0.2) is 14.8 Å². The topological polar surface area (TPSA) is 135 Å². The number of carbonyl (C=O) groups is 2. The summed E-state index contributed by atoms with van der Waals surface area (Å²) in [4.78, 5) is 43.9. The number of piperidine rings is 1. The molecule has 2 fully saturated rings. The monoisotopic (exact) mass is 773 g/mol. The summed E-state index contributed by atoms with van der Waals surface area (Å²) in [5.41, 5.74) is 6.11. The number of likely N-dealkylation sites (tertiary alicyclic amines) is 1. The lowest BCUT2D eigenvalue weighted by atomic mass is 9.99. The third-order valence-corrected chi connectivity index (χ3v) is 10.9. The van der Waals surface area contributed by atoms with E-state index in [1.165, 1.54) is 18.9 Å². The van der Waals surface area contributed by atoms with Gasteiger partial charge in [0, 0.05) is 92.1 Å². The molecule has 2 aliphatic heterocycles.